The first-order chi connectivity index (χ1) is 13.5. The lowest BCUT2D eigenvalue weighted by Gasteiger charge is -2.25. The zero-order valence-corrected chi connectivity index (χ0v) is 15.7. The number of hydrogen-bond donors (Lipinski definition) is 2. The summed E-state index contributed by atoms with van der Waals surface area (Å²) in [6.07, 6.45) is 2.40. The zero-order valence-electron chi connectivity index (χ0n) is 14.9. The molecule has 0 unspecified atom stereocenters. The van der Waals surface area contributed by atoms with Crippen LogP contribution >= 0.6 is 11.6 Å². The zero-order chi connectivity index (χ0) is 19.7. The molecule has 3 aromatic rings. The first kappa shape index (κ1) is 18.2. The largest absolute Gasteiger partial charge is 0.471 e. The number of amides is 1. The maximum Gasteiger partial charge on any atom is 0.291 e. The third-order valence-corrected chi connectivity index (χ3v) is 4.58. The van der Waals surface area contributed by atoms with Crippen LogP contribution in [0, 0.1) is 5.82 Å². The van der Waals surface area contributed by atoms with Crippen LogP contribution in [0.15, 0.2) is 24.5 Å². The molecule has 1 amide bonds. The molecule has 0 spiro atoms. The van der Waals surface area contributed by atoms with Crippen LogP contribution < -0.4 is 10.1 Å². The number of H-pyrrole nitrogens is 1. The van der Waals surface area contributed by atoms with Crippen molar-refractivity contribution in [3.8, 4) is 5.75 Å². The predicted molar refractivity (Wildman–Crippen MR) is 98.6 cm³/mol. The molecular formula is C17H17ClFN7O2. The van der Waals surface area contributed by atoms with Gasteiger partial charge in [0.1, 0.15) is 11.6 Å². The first-order valence-electron chi connectivity index (χ1n) is 8.54. The molecular weight excluding hydrogens is 389 g/mol. The van der Waals surface area contributed by atoms with E-state index >= 15 is 0 Å². The number of hydrogen-bond acceptors (Lipinski definition) is 6. The Morgan fingerprint density at radius 3 is 3.04 bits per heavy atom. The minimum absolute atomic E-state index is 0.0834. The monoisotopic (exact) mass is 405 g/mol. The van der Waals surface area contributed by atoms with E-state index in [0.29, 0.717) is 25.6 Å². The number of imidazole rings is 1. The fraction of sp³-hybridized carbons (Fsp3) is 0.294. The molecule has 4 heterocycles. The van der Waals surface area contributed by atoms with E-state index in [0.717, 1.165) is 23.5 Å². The second-order valence-electron chi connectivity index (χ2n) is 6.24. The van der Waals surface area contributed by atoms with Gasteiger partial charge in [0.2, 0.25) is 11.1 Å². The number of rotatable bonds is 1. The van der Waals surface area contributed by atoms with Crippen molar-refractivity contribution in [1.29, 1.82) is 0 Å². The molecule has 0 bridgehead atoms. The lowest BCUT2D eigenvalue weighted by molar-refractivity contribution is 0.0714. The molecule has 2 aromatic heterocycles. The fourth-order valence-electron chi connectivity index (χ4n) is 3.02. The highest BCUT2D eigenvalue weighted by molar-refractivity contribution is 6.28. The molecule has 9 nitrogen and oxygen atoms in total. The molecule has 2 aliphatic heterocycles. The number of halogens is 2. The lowest BCUT2D eigenvalue weighted by atomic mass is 10.1. The third kappa shape index (κ3) is 3.63. The van der Waals surface area contributed by atoms with Gasteiger partial charge in [-0.15, -0.1) is 5.10 Å². The number of aryl methyl sites for hydroxylation is 1. The van der Waals surface area contributed by atoms with Gasteiger partial charge in [-0.3, -0.25) is 4.79 Å². The van der Waals surface area contributed by atoms with Crippen molar-refractivity contribution in [1.82, 2.24) is 29.6 Å². The molecule has 0 fully saturated rings. The molecule has 146 valence electrons. The number of carbonyl (C=O) groups is 1. The van der Waals surface area contributed by atoms with Crippen LogP contribution in [-0.4, -0.2) is 48.8 Å². The number of carbonyl (C=O) groups excluding carboxylic acids is 1. The Hall–Kier alpha value is -3.14. The summed E-state index contributed by atoms with van der Waals surface area (Å²) in [4.78, 5) is 25.2. The van der Waals surface area contributed by atoms with E-state index in [2.05, 4.69) is 25.4 Å². The number of aromatic amines is 1. The fourth-order valence-corrected chi connectivity index (χ4v) is 3.21. The van der Waals surface area contributed by atoms with Gasteiger partial charge >= 0.3 is 0 Å². The molecule has 2 aliphatic rings. The summed E-state index contributed by atoms with van der Waals surface area (Å²) in [5.41, 5.74) is 2.86. The van der Waals surface area contributed by atoms with Crippen molar-refractivity contribution in [3.05, 3.63) is 52.8 Å². The highest BCUT2D eigenvalue weighted by Crippen LogP contribution is 2.28. The molecule has 0 atom stereocenters. The topological polar surface area (TPSA) is 101 Å². The molecule has 0 radical (unpaired) electrons. The summed E-state index contributed by atoms with van der Waals surface area (Å²) in [6.45, 7) is 1.58. The summed E-state index contributed by atoms with van der Waals surface area (Å²) >= 11 is 5.68. The summed E-state index contributed by atoms with van der Waals surface area (Å²) in [6, 6.07) is 4.44. The van der Waals surface area contributed by atoms with Crippen molar-refractivity contribution in [2.45, 2.75) is 13.0 Å². The Kier molecular flexibility index (Phi) is 4.86. The summed E-state index contributed by atoms with van der Waals surface area (Å²) in [5, 5.41) is 6.89. The molecule has 11 heteroatoms. The van der Waals surface area contributed by atoms with Gasteiger partial charge in [-0.05, 0) is 23.7 Å². The van der Waals surface area contributed by atoms with Crippen LogP contribution in [0.4, 0.5) is 10.1 Å². The Morgan fingerprint density at radius 2 is 2.25 bits per heavy atom. The van der Waals surface area contributed by atoms with Crippen LogP contribution in [0.1, 0.15) is 22.0 Å². The van der Waals surface area contributed by atoms with Crippen LogP contribution in [-0.2, 0) is 20.0 Å². The quantitative estimate of drug-likeness (QED) is 0.642. The Morgan fingerprint density at radius 1 is 1.39 bits per heavy atom. The van der Waals surface area contributed by atoms with E-state index in [9.17, 15) is 9.18 Å². The number of fused-ring (bicyclic) bond motifs is 2. The number of aromatic nitrogens is 5. The standard InChI is InChI=1S/C10H11ClN6O.C7H6FNO/c1-16-8(14-10(11)15-16)9(18)17-3-2-6-7(4-17)13-5-12-6;8-5-1-2-6-7(3-5)10-4-9-6/h5H,2-4H2,1H3,(H,12,13);1-3,9H,4H2. The maximum absolute atomic E-state index is 12.5. The molecule has 1 aromatic carbocycles. The summed E-state index contributed by atoms with van der Waals surface area (Å²) < 4.78 is 18.9. The smallest absolute Gasteiger partial charge is 0.291 e. The minimum atomic E-state index is -0.262. The summed E-state index contributed by atoms with van der Waals surface area (Å²) in [7, 11) is 1.65. The van der Waals surface area contributed by atoms with Gasteiger partial charge in [0, 0.05) is 26.1 Å². The summed E-state index contributed by atoms with van der Waals surface area (Å²) in [5.74, 6) is 0.419. The molecule has 5 rings (SSSR count). The van der Waals surface area contributed by atoms with Crippen LogP contribution in [0.5, 0.6) is 5.75 Å². The van der Waals surface area contributed by atoms with E-state index in [1.807, 2.05) is 0 Å². The molecule has 0 saturated carbocycles. The lowest BCUT2D eigenvalue weighted by Crippen LogP contribution is -2.37. The van der Waals surface area contributed by atoms with Crippen LogP contribution in [0.3, 0.4) is 0 Å². The van der Waals surface area contributed by atoms with E-state index in [1.165, 1.54) is 16.8 Å². The molecule has 0 aliphatic carbocycles. The highest BCUT2D eigenvalue weighted by Gasteiger charge is 2.26. The van der Waals surface area contributed by atoms with Gasteiger partial charge in [0.05, 0.1) is 29.9 Å². The Labute approximate surface area is 164 Å². The number of ether oxygens (including phenoxy) is 1. The van der Waals surface area contributed by atoms with Gasteiger partial charge in [0.25, 0.3) is 5.91 Å². The van der Waals surface area contributed by atoms with Gasteiger partial charge < -0.3 is 19.9 Å². The second-order valence-corrected chi connectivity index (χ2v) is 6.58. The number of nitrogens with one attached hydrogen (secondary N) is 2. The Balaban J connectivity index is 0.000000162. The SMILES string of the molecule is Cn1nc(Cl)nc1C(=O)N1CCc2nc[nH]c2C1.Fc1ccc2c(c1)OCN2. The third-order valence-electron chi connectivity index (χ3n) is 4.42. The van der Waals surface area contributed by atoms with Crippen LogP contribution in [0.2, 0.25) is 5.28 Å². The maximum atomic E-state index is 12.5. The number of benzene rings is 1. The van der Waals surface area contributed by atoms with Crippen molar-refractivity contribution >= 4 is 23.2 Å². The second kappa shape index (κ2) is 7.47. The molecule has 0 saturated heterocycles. The average Bonchev–Trinajstić information content (AvgIpc) is 3.40. The van der Waals surface area contributed by atoms with E-state index in [-0.39, 0.29) is 22.8 Å². The van der Waals surface area contributed by atoms with Crippen molar-refractivity contribution in [3.63, 3.8) is 0 Å². The van der Waals surface area contributed by atoms with Gasteiger partial charge in [-0.1, -0.05) is 0 Å². The number of nitrogens with zero attached hydrogens (tertiary/aromatic N) is 5. The normalized spacial score (nSPS) is 14.3. The van der Waals surface area contributed by atoms with Gasteiger partial charge in [-0.25, -0.2) is 14.1 Å². The minimum Gasteiger partial charge on any atom is -0.471 e. The van der Waals surface area contributed by atoms with Crippen molar-refractivity contribution in [2.24, 2.45) is 7.05 Å². The van der Waals surface area contributed by atoms with Gasteiger partial charge in [0.15, 0.2) is 6.73 Å². The highest BCUT2D eigenvalue weighted by atomic mass is 35.5. The van der Waals surface area contributed by atoms with E-state index < -0.39 is 0 Å². The molecule has 2 N–H and O–H groups in total. The van der Waals surface area contributed by atoms with E-state index in [4.69, 9.17) is 16.3 Å². The Bertz CT molecular complexity index is 1020. The number of anilines is 1. The first-order valence-corrected chi connectivity index (χ1v) is 8.92. The predicted octanol–water partition coefficient (Wildman–Crippen LogP) is 1.98. The van der Waals surface area contributed by atoms with Gasteiger partial charge in [-0.2, -0.15) is 4.98 Å². The van der Waals surface area contributed by atoms with Crippen molar-refractivity contribution < 1.29 is 13.9 Å². The average molecular weight is 406 g/mol. The van der Waals surface area contributed by atoms with E-state index in [1.54, 1.807) is 24.3 Å². The van der Waals surface area contributed by atoms with Crippen molar-refractivity contribution in [2.75, 3.05) is 18.6 Å². The molecule has 28 heavy (non-hydrogen) atoms. The van der Waals surface area contributed by atoms with Crippen LogP contribution in [0.25, 0.3) is 0 Å².